The average molecular weight is 275 g/mol. The van der Waals surface area contributed by atoms with Crippen molar-refractivity contribution in [1.29, 1.82) is 0 Å². The Kier molecular flexibility index (Phi) is 5.18. The van der Waals surface area contributed by atoms with Crippen LogP contribution in [0.2, 0.25) is 0 Å². The van der Waals surface area contributed by atoms with E-state index in [1.54, 1.807) is 0 Å². The molecule has 1 aromatic rings. The molecule has 110 valence electrons. The highest BCUT2D eigenvalue weighted by molar-refractivity contribution is 5.70. The van der Waals surface area contributed by atoms with E-state index >= 15 is 0 Å². The summed E-state index contributed by atoms with van der Waals surface area (Å²) in [6.45, 7) is 8.70. The second-order valence-electron chi connectivity index (χ2n) is 5.69. The lowest BCUT2D eigenvalue weighted by Gasteiger charge is -2.27. The molecule has 0 amide bonds. The Hall–Kier alpha value is -1.35. The third-order valence-corrected chi connectivity index (χ3v) is 3.88. The van der Waals surface area contributed by atoms with Crippen LogP contribution in [0.15, 0.2) is 18.2 Å². The first-order valence-electron chi connectivity index (χ1n) is 7.58. The third-order valence-electron chi connectivity index (χ3n) is 3.88. The first-order chi connectivity index (χ1) is 9.60. The molecule has 1 atom stereocenters. The lowest BCUT2D eigenvalue weighted by molar-refractivity contribution is -0.144. The van der Waals surface area contributed by atoms with E-state index in [-0.39, 0.29) is 12.0 Å². The van der Waals surface area contributed by atoms with Crippen molar-refractivity contribution in [2.75, 3.05) is 19.7 Å². The molecule has 0 spiro atoms. The number of carbonyl (C=O) groups excluding carboxylic acids is 1. The van der Waals surface area contributed by atoms with Crippen LogP contribution in [0.5, 0.6) is 0 Å². The summed E-state index contributed by atoms with van der Waals surface area (Å²) < 4.78 is 5.15. The summed E-state index contributed by atoms with van der Waals surface area (Å²) in [6, 6.07) is 6.74. The van der Waals surface area contributed by atoms with Crippen LogP contribution in [0.3, 0.4) is 0 Å². The minimum Gasteiger partial charge on any atom is -0.466 e. The van der Waals surface area contributed by atoms with Gasteiger partial charge in [0.15, 0.2) is 0 Å². The van der Waals surface area contributed by atoms with Gasteiger partial charge in [0.2, 0.25) is 0 Å². The van der Waals surface area contributed by atoms with E-state index in [4.69, 9.17) is 4.74 Å². The standard InChI is InChI=1S/C17H25NO2/c1-4-20-17(19)12-16(18-7-5-6-8-18)15-10-13(2)9-14(3)11-15/h9-11,16H,4-8,12H2,1-3H3. The summed E-state index contributed by atoms with van der Waals surface area (Å²) in [7, 11) is 0. The predicted molar refractivity (Wildman–Crippen MR) is 80.7 cm³/mol. The molecule has 1 aliphatic heterocycles. The van der Waals surface area contributed by atoms with Gasteiger partial charge in [0.25, 0.3) is 0 Å². The molecule has 0 aromatic heterocycles. The number of benzene rings is 1. The normalized spacial score (nSPS) is 17.1. The Bertz CT molecular complexity index is 444. The van der Waals surface area contributed by atoms with E-state index < -0.39 is 0 Å². The average Bonchev–Trinajstić information content (AvgIpc) is 2.88. The molecule has 20 heavy (non-hydrogen) atoms. The topological polar surface area (TPSA) is 29.5 Å². The second-order valence-corrected chi connectivity index (χ2v) is 5.69. The fraction of sp³-hybridized carbons (Fsp3) is 0.588. The quantitative estimate of drug-likeness (QED) is 0.771. The Labute approximate surface area is 121 Å². The number of likely N-dealkylation sites (tertiary alicyclic amines) is 1. The first-order valence-corrected chi connectivity index (χ1v) is 7.58. The van der Waals surface area contributed by atoms with Gasteiger partial charge < -0.3 is 4.74 Å². The van der Waals surface area contributed by atoms with Crippen LogP contribution < -0.4 is 0 Å². The summed E-state index contributed by atoms with van der Waals surface area (Å²) in [6.07, 6.45) is 2.91. The van der Waals surface area contributed by atoms with Crippen molar-refractivity contribution in [3.8, 4) is 0 Å². The zero-order chi connectivity index (χ0) is 14.5. The molecule has 3 heteroatoms. The van der Waals surface area contributed by atoms with Crippen molar-refractivity contribution in [3.63, 3.8) is 0 Å². The zero-order valence-electron chi connectivity index (χ0n) is 12.8. The maximum atomic E-state index is 11.9. The van der Waals surface area contributed by atoms with Gasteiger partial charge in [-0.15, -0.1) is 0 Å². The monoisotopic (exact) mass is 275 g/mol. The van der Waals surface area contributed by atoms with Crippen LogP contribution >= 0.6 is 0 Å². The van der Waals surface area contributed by atoms with Crippen molar-refractivity contribution >= 4 is 5.97 Å². The van der Waals surface area contributed by atoms with Gasteiger partial charge in [-0.3, -0.25) is 9.69 Å². The number of hydrogen-bond acceptors (Lipinski definition) is 3. The van der Waals surface area contributed by atoms with Crippen LogP contribution in [0.25, 0.3) is 0 Å². The SMILES string of the molecule is CCOC(=O)CC(c1cc(C)cc(C)c1)N1CCCC1. The van der Waals surface area contributed by atoms with Gasteiger partial charge in [0.05, 0.1) is 13.0 Å². The molecule has 0 bridgehead atoms. The van der Waals surface area contributed by atoms with Gasteiger partial charge in [-0.1, -0.05) is 29.3 Å². The molecular weight excluding hydrogens is 250 g/mol. The summed E-state index contributed by atoms with van der Waals surface area (Å²) in [5.41, 5.74) is 3.76. The van der Waals surface area contributed by atoms with E-state index in [2.05, 4.69) is 36.9 Å². The van der Waals surface area contributed by atoms with Crippen LogP contribution in [0, 0.1) is 13.8 Å². The Morgan fingerprint density at radius 2 is 1.80 bits per heavy atom. The van der Waals surface area contributed by atoms with Gasteiger partial charge in [-0.25, -0.2) is 0 Å². The molecule has 1 saturated heterocycles. The van der Waals surface area contributed by atoms with E-state index in [1.807, 2.05) is 6.92 Å². The molecule has 1 aliphatic rings. The maximum Gasteiger partial charge on any atom is 0.307 e. The highest BCUT2D eigenvalue weighted by Gasteiger charge is 2.26. The maximum absolute atomic E-state index is 11.9. The van der Waals surface area contributed by atoms with Crippen molar-refractivity contribution in [3.05, 3.63) is 34.9 Å². The number of hydrogen-bond donors (Lipinski definition) is 0. The lowest BCUT2D eigenvalue weighted by Crippen LogP contribution is -2.28. The molecule has 0 N–H and O–H groups in total. The minimum atomic E-state index is -0.0939. The van der Waals surface area contributed by atoms with Crippen LogP contribution in [-0.2, 0) is 9.53 Å². The summed E-state index contributed by atoms with van der Waals surface area (Å²) in [4.78, 5) is 14.3. The smallest absolute Gasteiger partial charge is 0.307 e. The second kappa shape index (κ2) is 6.89. The Morgan fingerprint density at radius 3 is 2.35 bits per heavy atom. The number of nitrogens with zero attached hydrogens (tertiary/aromatic N) is 1. The van der Waals surface area contributed by atoms with Crippen molar-refractivity contribution in [1.82, 2.24) is 4.90 Å². The van der Waals surface area contributed by atoms with Crippen molar-refractivity contribution < 1.29 is 9.53 Å². The van der Waals surface area contributed by atoms with Crippen molar-refractivity contribution in [2.45, 2.75) is 46.1 Å². The van der Waals surface area contributed by atoms with E-state index in [9.17, 15) is 4.79 Å². The van der Waals surface area contributed by atoms with Crippen LogP contribution in [0.4, 0.5) is 0 Å². The molecule has 1 aromatic carbocycles. The molecule has 0 aliphatic carbocycles. The fourth-order valence-electron chi connectivity index (χ4n) is 3.09. The Balaban J connectivity index is 2.22. The highest BCUT2D eigenvalue weighted by atomic mass is 16.5. The van der Waals surface area contributed by atoms with Gasteiger partial charge in [-0.05, 0) is 52.3 Å². The molecular formula is C17H25NO2. The molecule has 1 unspecified atom stereocenters. The summed E-state index contributed by atoms with van der Waals surface area (Å²) in [5.74, 6) is -0.0939. The molecule has 1 fully saturated rings. The zero-order valence-corrected chi connectivity index (χ0v) is 12.8. The first kappa shape index (κ1) is 15.0. The minimum absolute atomic E-state index is 0.0939. The largest absolute Gasteiger partial charge is 0.466 e. The third kappa shape index (κ3) is 3.83. The molecule has 0 radical (unpaired) electrons. The van der Waals surface area contributed by atoms with E-state index in [1.165, 1.54) is 29.5 Å². The lowest BCUT2D eigenvalue weighted by atomic mass is 9.98. The molecule has 1 heterocycles. The number of rotatable bonds is 5. The Morgan fingerprint density at radius 1 is 1.20 bits per heavy atom. The summed E-state index contributed by atoms with van der Waals surface area (Å²) >= 11 is 0. The summed E-state index contributed by atoms with van der Waals surface area (Å²) in [5, 5.41) is 0. The van der Waals surface area contributed by atoms with Gasteiger partial charge >= 0.3 is 5.97 Å². The van der Waals surface area contributed by atoms with Gasteiger partial charge in [-0.2, -0.15) is 0 Å². The highest BCUT2D eigenvalue weighted by Crippen LogP contribution is 2.29. The molecule has 0 saturated carbocycles. The van der Waals surface area contributed by atoms with E-state index in [0.29, 0.717) is 13.0 Å². The number of esters is 1. The number of ether oxygens (including phenoxy) is 1. The van der Waals surface area contributed by atoms with Crippen molar-refractivity contribution in [2.24, 2.45) is 0 Å². The molecule has 2 rings (SSSR count). The fourth-order valence-corrected chi connectivity index (χ4v) is 3.09. The van der Waals surface area contributed by atoms with Gasteiger partial charge in [0.1, 0.15) is 0 Å². The van der Waals surface area contributed by atoms with Crippen LogP contribution in [0.1, 0.15) is 48.9 Å². The van der Waals surface area contributed by atoms with Crippen LogP contribution in [-0.4, -0.2) is 30.6 Å². The van der Waals surface area contributed by atoms with E-state index in [0.717, 1.165) is 13.1 Å². The number of aryl methyl sites for hydroxylation is 2. The van der Waals surface area contributed by atoms with Gasteiger partial charge in [0, 0.05) is 6.04 Å². The predicted octanol–water partition coefficient (Wildman–Crippen LogP) is 3.39. The number of carbonyl (C=O) groups is 1. The molecule has 3 nitrogen and oxygen atoms in total.